The molecule has 1 aliphatic heterocycles. The van der Waals surface area contributed by atoms with Gasteiger partial charge in [-0.1, -0.05) is 24.3 Å². The van der Waals surface area contributed by atoms with Crippen LogP contribution in [0.4, 0.5) is 4.39 Å². The molecule has 1 amide bonds. The zero-order chi connectivity index (χ0) is 19.8. The lowest BCUT2D eigenvalue weighted by atomic mass is 10.00. The first-order valence-corrected chi connectivity index (χ1v) is 9.45. The maximum Gasteiger partial charge on any atom is 0.272 e. The number of hydrogen-bond acceptors (Lipinski definition) is 3. The van der Waals surface area contributed by atoms with Crippen LogP contribution in [0.2, 0.25) is 0 Å². The molecule has 0 N–H and O–H groups in total. The second-order valence-corrected chi connectivity index (χ2v) is 7.03. The molecule has 5 rings (SSSR count). The van der Waals surface area contributed by atoms with Crippen LogP contribution >= 0.6 is 0 Å². The predicted molar refractivity (Wildman–Crippen MR) is 106 cm³/mol. The first-order valence-electron chi connectivity index (χ1n) is 9.45. The molecule has 0 fully saturated rings. The number of benzene rings is 2. The number of hydrogen-bond donors (Lipinski definition) is 0. The third-order valence-corrected chi connectivity index (χ3v) is 5.19. The fourth-order valence-corrected chi connectivity index (χ4v) is 3.69. The third-order valence-electron chi connectivity index (χ3n) is 5.19. The van der Waals surface area contributed by atoms with Crippen molar-refractivity contribution >= 4 is 5.91 Å². The lowest BCUT2D eigenvalue weighted by molar-refractivity contribution is 0.0725. The smallest absolute Gasteiger partial charge is 0.272 e. The average Bonchev–Trinajstić information content (AvgIpc) is 3.43. The van der Waals surface area contributed by atoms with Crippen molar-refractivity contribution < 1.29 is 13.6 Å². The number of nitrogens with zero attached hydrogens (tertiary/aromatic N) is 3. The van der Waals surface area contributed by atoms with Crippen molar-refractivity contribution in [2.24, 2.45) is 0 Å². The van der Waals surface area contributed by atoms with Gasteiger partial charge < -0.3 is 9.32 Å². The van der Waals surface area contributed by atoms with Crippen LogP contribution in [0.1, 0.15) is 21.6 Å². The Bertz CT molecular complexity index is 1160. The molecule has 2 aromatic carbocycles. The molecule has 144 valence electrons. The van der Waals surface area contributed by atoms with Crippen molar-refractivity contribution in [1.82, 2.24) is 14.7 Å². The largest absolute Gasteiger partial charge is 0.463 e. The standard InChI is InChI=1S/C23H18FN3O2/c24-18-7-9-19(10-8-18)27-21(14-20(25-27)22-6-3-13-29-22)23(28)26-12-11-16-4-1-2-5-17(16)15-26/h1-10,13-14H,11-12,15H2. The van der Waals surface area contributed by atoms with E-state index in [9.17, 15) is 9.18 Å². The molecule has 0 spiro atoms. The molecule has 0 saturated carbocycles. The number of carbonyl (C=O) groups is 1. The molecule has 29 heavy (non-hydrogen) atoms. The van der Waals surface area contributed by atoms with Crippen LogP contribution in [0.5, 0.6) is 0 Å². The van der Waals surface area contributed by atoms with Gasteiger partial charge in [-0.25, -0.2) is 9.07 Å². The van der Waals surface area contributed by atoms with Gasteiger partial charge in [-0.3, -0.25) is 4.79 Å². The molecule has 0 aliphatic carbocycles. The molecule has 3 heterocycles. The van der Waals surface area contributed by atoms with E-state index in [1.54, 1.807) is 41.3 Å². The lowest BCUT2D eigenvalue weighted by Gasteiger charge is -2.29. The highest BCUT2D eigenvalue weighted by atomic mass is 19.1. The molecule has 0 saturated heterocycles. The minimum Gasteiger partial charge on any atom is -0.463 e. The molecule has 4 aromatic rings. The minimum absolute atomic E-state index is 0.117. The number of furan rings is 1. The molecule has 0 atom stereocenters. The normalized spacial score (nSPS) is 13.3. The monoisotopic (exact) mass is 387 g/mol. The maximum absolute atomic E-state index is 13.4. The van der Waals surface area contributed by atoms with Crippen LogP contribution in [0.3, 0.4) is 0 Å². The zero-order valence-corrected chi connectivity index (χ0v) is 15.6. The third kappa shape index (κ3) is 3.23. The Balaban J connectivity index is 1.54. The van der Waals surface area contributed by atoms with E-state index in [-0.39, 0.29) is 11.7 Å². The number of fused-ring (bicyclic) bond motifs is 1. The molecule has 0 unspecified atom stereocenters. The van der Waals surface area contributed by atoms with Crippen molar-refractivity contribution in [2.75, 3.05) is 6.54 Å². The number of halogens is 1. The Morgan fingerprint density at radius 2 is 1.79 bits per heavy atom. The number of amides is 1. The maximum atomic E-state index is 13.4. The van der Waals surface area contributed by atoms with E-state index in [0.29, 0.717) is 35.9 Å². The molecule has 1 aliphatic rings. The van der Waals surface area contributed by atoms with Crippen molar-refractivity contribution in [3.05, 3.63) is 95.6 Å². The van der Waals surface area contributed by atoms with Gasteiger partial charge in [0.1, 0.15) is 17.2 Å². The van der Waals surface area contributed by atoms with Crippen LogP contribution in [-0.2, 0) is 13.0 Å². The number of aromatic nitrogens is 2. The quantitative estimate of drug-likeness (QED) is 0.521. The van der Waals surface area contributed by atoms with Crippen LogP contribution in [0.15, 0.2) is 77.4 Å². The van der Waals surface area contributed by atoms with E-state index in [1.165, 1.54) is 17.7 Å². The van der Waals surface area contributed by atoms with Gasteiger partial charge in [0.2, 0.25) is 0 Å². The summed E-state index contributed by atoms with van der Waals surface area (Å²) in [6.07, 6.45) is 2.38. The number of carbonyl (C=O) groups excluding carboxylic acids is 1. The van der Waals surface area contributed by atoms with E-state index < -0.39 is 0 Å². The summed E-state index contributed by atoms with van der Waals surface area (Å²) < 4.78 is 20.4. The second-order valence-electron chi connectivity index (χ2n) is 7.03. The van der Waals surface area contributed by atoms with Gasteiger partial charge in [0.05, 0.1) is 12.0 Å². The van der Waals surface area contributed by atoms with Crippen LogP contribution < -0.4 is 0 Å². The predicted octanol–water partition coefficient (Wildman–Crippen LogP) is 4.47. The SMILES string of the molecule is O=C(c1cc(-c2ccco2)nn1-c1ccc(F)cc1)N1CCc2ccccc2C1. The fraction of sp³-hybridized carbons (Fsp3) is 0.130. The minimum atomic E-state index is -0.340. The Morgan fingerprint density at radius 1 is 1.00 bits per heavy atom. The van der Waals surface area contributed by atoms with E-state index in [0.717, 1.165) is 12.0 Å². The molecular formula is C23H18FN3O2. The molecule has 6 heteroatoms. The summed E-state index contributed by atoms with van der Waals surface area (Å²) in [5.74, 6) is 0.116. The molecule has 5 nitrogen and oxygen atoms in total. The Kier molecular flexibility index (Phi) is 4.24. The second kappa shape index (κ2) is 7.05. The summed E-state index contributed by atoms with van der Waals surface area (Å²) >= 11 is 0. The summed E-state index contributed by atoms with van der Waals surface area (Å²) in [4.78, 5) is 15.2. The average molecular weight is 387 g/mol. The topological polar surface area (TPSA) is 51.3 Å². The molecule has 0 bridgehead atoms. The van der Waals surface area contributed by atoms with Crippen LogP contribution in [0.25, 0.3) is 17.1 Å². The highest BCUT2D eigenvalue weighted by molar-refractivity contribution is 5.94. The Hall–Kier alpha value is -3.67. The lowest BCUT2D eigenvalue weighted by Crippen LogP contribution is -2.37. The Morgan fingerprint density at radius 3 is 2.55 bits per heavy atom. The summed E-state index contributed by atoms with van der Waals surface area (Å²) in [5.41, 5.74) is 4.03. The van der Waals surface area contributed by atoms with Gasteiger partial charge in [0.25, 0.3) is 5.91 Å². The first kappa shape index (κ1) is 17.4. The highest BCUT2D eigenvalue weighted by Gasteiger charge is 2.26. The van der Waals surface area contributed by atoms with Gasteiger partial charge in [-0.2, -0.15) is 5.10 Å². The van der Waals surface area contributed by atoms with Gasteiger partial charge in [-0.15, -0.1) is 0 Å². The van der Waals surface area contributed by atoms with E-state index >= 15 is 0 Å². The van der Waals surface area contributed by atoms with E-state index in [1.807, 2.05) is 17.0 Å². The van der Waals surface area contributed by atoms with Gasteiger partial charge in [-0.05, 0) is 53.9 Å². The van der Waals surface area contributed by atoms with Gasteiger partial charge >= 0.3 is 0 Å². The fourth-order valence-electron chi connectivity index (χ4n) is 3.69. The van der Waals surface area contributed by atoms with Gasteiger partial charge in [0.15, 0.2) is 5.76 Å². The number of rotatable bonds is 3. The zero-order valence-electron chi connectivity index (χ0n) is 15.6. The molecule has 2 aromatic heterocycles. The van der Waals surface area contributed by atoms with E-state index in [2.05, 4.69) is 17.2 Å². The van der Waals surface area contributed by atoms with Crippen LogP contribution in [-0.4, -0.2) is 27.1 Å². The van der Waals surface area contributed by atoms with E-state index in [4.69, 9.17) is 4.42 Å². The van der Waals surface area contributed by atoms with Crippen molar-refractivity contribution in [3.63, 3.8) is 0 Å². The summed E-state index contributed by atoms with van der Waals surface area (Å²) in [6, 6.07) is 19.4. The summed E-state index contributed by atoms with van der Waals surface area (Å²) in [5, 5.41) is 4.57. The van der Waals surface area contributed by atoms with Crippen LogP contribution in [0, 0.1) is 5.82 Å². The first-order chi connectivity index (χ1) is 14.2. The van der Waals surface area contributed by atoms with Crippen molar-refractivity contribution in [3.8, 4) is 17.1 Å². The summed E-state index contributed by atoms with van der Waals surface area (Å²) in [7, 11) is 0. The summed E-state index contributed by atoms with van der Waals surface area (Å²) in [6.45, 7) is 1.19. The highest BCUT2D eigenvalue weighted by Crippen LogP contribution is 2.25. The van der Waals surface area contributed by atoms with Gasteiger partial charge in [0, 0.05) is 19.2 Å². The van der Waals surface area contributed by atoms with Crippen molar-refractivity contribution in [1.29, 1.82) is 0 Å². The molecular weight excluding hydrogens is 369 g/mol. The molecule has 0 radical (unpaired) electrons. The van der Waals surface area contributed by atoms with Crippen molar-refractivity contribution in [2.45, 2.75) is 13.0 Å². The Labute approximate surface area is 167 Å².